The summed E-state index contributed by atoms with van der Waals surface area (Å²) in [7, 11) is 0. The van der Waals surface area contributed by atoms with Crippen LogP contribution in [0, 0.1) is 5.92 Å². The summed E-state index contributed by atoms with van der Waals surface area (Å²) in [6, 6.07) is 9.16. The van der Waals surface area contributed by atoms with Crippen LogP contribution in [0.2, 0.25) is 0 Å². The molecule has 1 aliphatic carbocycles. The Morgan fingerprint density at radius 2 is 1.78 bits per heavy atom. The van der Waals surface area contributed by atoms with E-state index in [-0.39, 0.29) is 23.7 Å². The van der Waals surface area contributed by atoms with E-state index >= 15 is 0 Å². The van der Waals surface area contributed by atoms with Crippen molar-refractivity contribution in [2.75, 3.05) is 0 Å². The average Bonchev–Trinajstić information content (AvgIpc) is 2.40. The molecule has 0 unspecified atom stereocenters. The van der Waals surface area contributed by atoms with Gasteiger partial charge in [-0.2, -0.15) is 0 Å². The Hall–Kier alpha value is -1.64. The number of hydrogen-bond acceptors (Lipinski definition) is 2. The minimum absolute atomic E-state index is 0.00366. The van der Waals surface area contributed by atoms with Gasteiger partial charge in [-0.25, -0.2) is 0 Å². The molecule has 0 saturated heterocycles. The molecule has 18 heavy (non-hydrogen) atoms. The molecule has 3 nitrogen and oxygen atoms in total. The Kier molecular flexibility index (Phi) is 4.13. The van der Waals surface area contributed by atoms with Crippen LogP contribution in [0.15, 0.2) is 30.3 Å². The van der Waals surface area contributed by atoms with Crippen molar-refractivity contribution in [3.05, 3.63) is 35.9 Å². The molecule has 0 aliphatic heterocycles. The predicted octanol–water partition coefficient (Wildman–Crippen LogP) is 2.56. The lowest BCUT2D eigenvalue weighted by molar-refractivity contribution is -0.122. The average molecular weight is 245 g/mol. The molecule has 0 heterocycles. The molecule has 1 amide bonds. The molecule has 1 aromatic rings. The SMILES string of the molecule is CC(=O)[C@H]1CCCC[C@H]1NC(=O)c1ccccc1. The van der Waals surface area contributed by atoms with Gasteiger partial charge in [0.15, 0.2) is 0 Å². The highest BCUT2D eigenvalue weighted by Gasteiger charge is 2.29. The van der Waals surface area contributed by atoms with Gasteiger partial charge in [-0.1, -0.05) is 31.0 Å². The molecule has 2 rings (SSSR count). The van der Waals surface area contributed by atoms with Crippen LogP contribution in [-0.2, 0) is 4.79 Å². The minimum Gasteiger partial charge on any atom is -0.349 e. The number of hydrogen-bond donors (Lipinski definition) is 1. The first-order chi connectivity index (χ1) is 8.68. The number of rotatable bonds is 3. The van der Waals surface area contributed by atoms with Crippen molar-refractivity contribution in [3.8, 4) is 0 Å². The smallest absolute Gasteiger partial charge is 0.251 e. The van der Waals surface area contributed by atoms with Gasteiger partial charge < -0.3 is 5.32 Å². The van der Waals surface area contributed by atoms with Gasteiger partial charge in [0.05, 0.1) is 0 Å². The van der Waals surface area contributed by atoms with E-state index < -0.39 is 0 Å². The van der Waals surface area contributed by atoms with Gasteiger partial charge in [0.2, 0.25) is 0 Å². The zero-order valence-corrected chi connectivity index (χ0v) is 10.7. The summed E-state index contributed by atoms with van der Waals surface area (Å²) >= 11 is 0. The summed E-state index contributed by atoms with van der Waals surface area (Å²) < 4.78 is 0. The van der Waals surface area contributed by atoms with Gasteiger partial charge in [-0.05, 0) is 31.9 Å². The zero-order chi connectivity index (χ0) is 13.0. The summed E-state index contributed by atoms with van der Waals surface area (Å²) in [5.41, 5.74) is 0.658. The minimum atomic E-state index is -0.0752. The molecule has 1 N–H and O–H groups in total. The first-order valence-corrected chi connectivity index (χ1v) is 6.55. The molecule has 1 aromatic carbocycles. The van der Waals surface area contributed by atoms with Crippen molar-refractivity contribution in [3.63, 3.8) is 0 Å². The first-order valence-electron chi connectivity index (χ1n) is 6.55. The molecular weight excluding hydrogens is 226 g/mol. The zero-order valence-electron chi connectivity index (χ0n) is 10.7. The first kappa shape index (κ1) is 12.8. The Balaban J connectivity index is 2.03. The standard InChI is InChI=1S/C15H19NO2/c1-11(17)13-9-5-6-10-14(13)16-15(18)12-7-3-2-4-8-12/h2-4,7-8,13-14H,5-6,9-10H2,1H3,(H,16,18)/t13-,14-/m1/s1. The van der Waals surface area contributed by atoms with Gasteiger partial charge in [-0.15, -0.1) is 0 Å². The molecule has 0 radical (unpaired) electrons. The van der Waals surface area contributed by atoms with Crippen molar-refractivity contribution in [2.24, 2.45) is 5.92 Å². The van der Waals surface area contributed by atoms with Crippen LogP contribution in [0.25, 0.3) is 0 Å². The van der Waals surface area contributed by atoms with Crippen molar-refractivity contribution in [1.82, 2.24) is 5.32 Å². The fourth-order valence-corrected chi connectivity index (χ4v) is 2.63. The van der Waals surface area contributed by atoms with Crippen molar-refractivity contribution in [1.29, 1.82) is 0 Å². The maximum atomic E-state index is 12.1. The molecule has 0 aromatic heterocycles. The molecule has 1 aliphatic rings. The maximum absolute atomic E-state index is 12.1. The number of carbonyl (C=O) groups is 2. The second-order valence-electron chi connectivity index (χ2n) is 4.95. The van der Waals surface area contributed by atoms with Crippen LogP contribution >= 0.6 is 0 Å². The maximum Gasteiger partial charge on any atom is 0.251 e. The number of amides is 1. The lowest BCUT2D eigenvalue weighted by Gasteiger charge is -2.30. The second-order valence-corrected chi connectivity index (χ2v) is 4.95. The highest BCUT2D eigenvalue weighted by Crippen LogP contribution is 2.25. The summed E-state index contributed by atoms with van der Waals surface area (Å²) in [6.45, 7) is 1.62. The van der Waals surface area contributed by atoms with Gasteiger partial charge >= 0.3 is 0 Å². The van der Waals surface area contributed by atoms with E-state index in [4.69, 9.17) is 0 Å². The fraction of sp³-hybridized carbons (Fsp3) is 0.467. The second kappa shape index (κ2) is 5.80. The van der Waals surface area contributed by atoms with Crippen LogP contribution in [0.4, 0.5) is 0 Å². The number of ketones is 1. The van der Waals surface area contributed by atoms with Crippen LogP contribution in [0.5, 0.6) is 0 Å². The molecule has 3 heteroatoms. The van der Waals surface area contributed by atoms with Crippen molar-refractivity contribution >= 4 is 11.7 Å². The predicted molar refractivity (Wildman–Crippen MR) is 70.3 cm³/mol. The van der Waals surface area contributed by atoms with Gasteiger partial charge in [-0.3, -0.25) is 9.59 Å². The Bertz CT molecular complexity index is 427. The number of carbonyl (C=O) groups excluding carboxylic acids is 2. The molecule has 0 bridgehead atoms. The molecule has 0 spiro atoms. The van der Waals surface area contributed by atoms with Crippen molar-refractivity contribution < 1.29 is 9.59 Å². The lowest BCUT2D eigenvalue weighted by Crippen LogP contribution is -2.44. The third-order valence-electron chi connectivity index (χ3n) is 3.64. The molecule has 1 fully saturated rings. The molecular formula is C15H19NO2. The summed E-state index contributed by atoms with van der Waals surface area (Å²) in [5.74, 6) is 0.105. The lowest BCUT2D eigenvalue weighted by atomic mass is 9.82. The summed E-state index contributed by atoms with van der Waals surface area (Å²) in [6.07, 6.45) is 3.98. The number of Topliss-reactive ketones (excluding diaryl/α,β-unsaturated/α-hetero) is 1. The number of nitrogens with one attached hydrogen (secondary N) is 1. The van der Waals surface area contributed by atoms with E-state index in [1.165, 1.54) is 0 Å². The number of benzene rings is 1. The Morgan fingerprint density at radius 1 is 1.11 bits per heavy atom. The van der Waals surface area contributed by atoms with Crippen LogP contribution in [0.3, 0.4) is 0 Å². The largest absolute Gasteiger partial charge is 0.349 e. The molecule has 2 atom stereocenters. The van der Waals surface area contributed by atoms with Gasteiger partial charge in [0, 0.05) is 17.5 Å². The van der Waals surface area contributed by atoms with E-state index in [2.05, 4.69) is 5.32 Å². The van der Waals surface area contributed by atoms with E-state index in [0.29, 0.717) is 5.56 Å². The van der Waals surface area contributed by atoms with E-state index in [0.717, 1.165) is 25.7 Å². The van der Waals surface area contributed by atoms with Gasteiger partial charge in [0.25, 0.3) is 5.91 Å². The van der Waals surface area contributed by atoms with E-state index in [1.807, 2.05) is 18.2 Å². The third kappa shape index (κ3) is 2.97. The molecule has 96 valence electrons. The Labute approximate surface area is 108 Å². The van der Waals surface area contributed by atoms with E-state index in [1.54, 1.807) is 19.1 Å². The van der Waals surface area contributed by atoms with Crippen LogP contribution in [0.1, 0.15) is 43.0 Å². The summed E-state index contributed by atoms with van der Waals surface area (Å²) in [5, 5.41) is 3.01. The fourth-order valence-electron chi connectivity index (χ4n) is 2.63. The monoisotopic (exact) mass is 245 g/mol. The topological polar surface area (TPSA) is 46.2 Å². The molecule has 1 saturated carbocycles. The van der Waals surface area contributed by atoms with Gasteiger partial charge in [0.1, 0.15) is 5.78 Å². The van der Waals surface area contributed by atoms with Crippen LogP contribution < -0.4 is 5.32 Å². The van der Waals surface area contributed by atoms with E-state index in [9.17, 15) is 9.59 Å². The highest BCUT2D eigenvalue weighted by molar-refractivity contribution is 5.94. The normalized spacial score (nSPS) is 23.4. The highest BCUT2D eigenvalue weighted by atomic mass is 16.2. The van der Waals surface area contributed by atoms with Crippen molar-refractivity contribution in [2.45, 2.75) is 38.6 Å². The Morgan fingerprint density at radius 3 is 2.44 bits per heavy atom. The van der Waals surface area contributed by atoms with Crippen LogP contribution in [-0.4, -0.2) is 17.7 Å². The third-order valence-corrected chi connectivity index (χ3v) is 3.64. The summed E-state index contributed by atoms with van der Waals surface area (Å²) in [4.78, 5) is 23.6. The quantitative estimate of drug-likeness (QED) is 0.889.